The van der Waals surface area contributed by atoms with Crippen molar-refractivity contribution in [3.05, 3.63) is 62.6 Å². The zero-order valence-corrected chi connectivity index (χ0v) is 18.2. The van der Waals surface area contributed by atoms with E-state index in [0.717, 1.165) is 4.47 Å². The van der Waals surface area contributed by atoms with Crippen molar-refractivity contribution in [1.82, 2.24) is 9.66 Å². The van der Waals surface area contributed by atoms with Gasteiger partial charge in [-0.2, -0.15) is 9.78 Å². The van der Waals surface area contributed by atoms with Crippen LogP contribution in [0, 0.1) is 0 Å². The molecular weight excluding hydrogens is 454 g/mol. The molecule has 3 aromatic rings. The Hall–Kier alpha value is -3.20. The second kappa shape index (κ2) is 9.08. The number of hydrogen-bond donors (Lipinski definition) is 1. The van der Waals surface area contributed by atoms with E-state index in [1.807, 2.05) is 13.0 Å². The highest BCUT2D eigenvalue weighted by Gasteiger charge is 2.18. The fourth-order valence-electron chi connectivity index (χ4n) is 2.81. The van der Waals surface area contributed by atoms with Gasteiger partial charge < -0.3 is 14.6 Å². The number of hydrogen-bond acceptors (Lipinski definition) is 6. The van der Waals surface area contributed by atoms with Gasteiger partial charge in [-0.1, -0.05) is 28.9 Å². The predicted octanol–water partition coefficient (Wildman–Crippen LogP) is 3.46. The lowest BCUT2D eigenvalue weighted by molar-refractivity contribution is -0.144. The zero-order valence-electron chi connectivity index (χ0n) is 16.6. The van der Waals surface area contributed by atoms with Crippen LogP contribution in [0.1, 0.15) is 25.2 Å². The molecule has 0 aliphatic rings. The van der Waals surface area contributed by atoms with E-state index in [2.05, 4.69) is 26.0 Å². The van der Waals surface area contributed by atoms with Crippen LogP contribution >= 0.6 is 15.9 Å². The summed E-state index contributed by atoms with van der Waals surface area (Å²) < 4.78 is 12.9. The van der Waals surface area contributed by atoms with Crippen molar-refractivity contribution in [1.29, 1.82) is 0 Å². The van der Waals surface area contributed by atoms with Crippen molar-refractivity contribution in [3.8, 4) is 11.5 Å². The van der Waals surface area contributed by atoms with Gasteiger partial charge in [0.1, 0.15) is 5.82 Å². The third kappa shape index (κ3) is 4.35. The topological polar surface area (TPSA) is 103 Å². The second-order valence-electron chi connectivity index (χ2n) is 6.38. The molecule has 0 spiro atoms. The molecule has 9 heteroatoms. The summed E-state index contributed by atoms with van der Waals surface area (Å²) in [7, 11) is 1.46. The van der Waals surface area contributed by atoms with Gasteiger partial charge in [0.2, 0.25) is 0 Å². The van der Waals surface area contributed by atoms with E-state index in [1.54, 1.807) is 30.3 Å². The summed E-state index contributed by atoms with van der Waals surface area (Å²) in [5.41, 5.74) is 0.747. The fourth-order valence-corrected chi connectivity index (χ4v) is 3.17. The van der Waals surface area contributed by atoms with Crippen molar-refractivity contribution in [2.75, 3.05) is 7.11 Å². The Morgan fingerprint density at radius 2 is 2.13 bits per heavy atom. The molecule has 0 aliphatic heterocycles. The van der Waals surface area contributed by atoms with E-state index in [-0.39, 0.29) is 11.3 Å². The van der Waals surface area contributed by atoms with Crippen LogP contribution in [-0.4, -0.2) is 40.2 Å². The zero-order chi connectivity index (χ0) is 21.8. The van der Waals surface area contributed by atoms with Crippen LogP contribution in [-0.2, 0) is 11.2 Å². The van der Waals surface area contributed by atoms with Crippen LogP contribution in [0.15, 0.2) is 50.8 Å². The maximum Gasteiger partial charge on any atom is 0.344 e. The first kappa shape index (κ1) is 21.5. The van der Waals surface area contributed by atoms with Gasteiger partial charge in [-0.25, -0.2) is 9.78 Å². The summed E-state index contributed by atoms with van der Waals surface area (Å²) in [6.45, 7) is 3.30. The standard InChI is InChI=1S/C21H20BrN3O5/c1-4-18-24-16-9-8-14(22)10-15(16)20(26)25(18)23-11-13-6-5-7-17(29-3)19(13)30-12(2)21(27)28/h5-12H,4H2,1-3H3,(H,27,28)/t12-/m1/s1. The van der Waals surface area contributed by atoms with Gasteiger partial charge in [0.15, 0.2) is 17.6 Å². The van der Waals surface area contributed by atoms with Crippen molar-refractivity contribution >= 4 is 39.0 Å². The highest BCUT2D eigenvalue weighted by Crippen LogP contribution is 2.31. The summed E-state index contributed by atoms with van der Waals surface area (Å²) in [5, 5.41) is 13.9. The molecular formula is C21H20BrN3O5. The van der Waals surface area contributed by atoms with Gasteiger partial charge in [0, 0.05) is 16.5 Å². The van der Waals surface area contributed by atoms with Gasteiger partial charge >= 0.3 is 5.97 Å². The van der Waals surface area contributed by atoms with E-state index in [0.29, 0.717) is 34.5 Å². The predicted molar refractivity (Wildman–Crippen MR) is 117 cm³/mol. The Labute approximate surface area is 180 Å². The van der Waals surface area contributed by atoms with E-state index in [9.17, 15) is 14.7 Å². The summed E-state index contributed by atoms with van der Waals surface area (Å²) in [4.78, 5) is 28.8. The molecule has 8 nitrogen and oxygen atoms in total. The Bertz CT molecular complexity index is 1190. The molecule has 1 N–H and O–H groups in total. The molecule has 1 heterocycles. The lowest BCUT2D eigenvalue weighted by Crippen LogP contribution is -2.24. The summed E-state index contributed by atoms with van der Waals surface area (Å²) in [6.07, 6.45) is 0.830. The van der Waals surface area contributed by atoms with Crippen molar-refractivity contribution in [2.45, 2.75) is 26.4 Å². The number of carboxylic acids is 1. The molecule has 156 valence electrons. The van der Waals surface area contributed by atoms with Crippen LogP contribution in [0.3, 0.4) is 0 Å². The van der Waals surface area contributed by atoms with Crippen molar-refractivity contribution in [2.24, 2.45) is 5.10 Å². The number of fused-ring (bicyclic) bond motifs is 1. The van der Waals surface area contributed by atoms with E-state index in [4.69, 9.17) is 9.47 Å². The molecule has 0 aliphatic carbocycles. The van der Waals surface area contributed by atoms with Gasteiger partial charge in [-0.3, -0.25) is 4.79 Å². The van der Waals surface area contributed by atoms with Crippen molar-refractivity contribution < 1.29 is 19.4 Å². The van der Waals surface area contributed by atoms with Crippen LogP contribution in [0.4, 0.5) is 0 Å². The van der Waals surface area contributed by atoms with Gasteiger partial charge in [0.05, 0.1) is 24.2 Å². The molecule has 0 fully saturated rings. The molecule has 1 atom stereocenters. The van der Waals surface area contributed by atoms with Crippen LogP contribution in [0.2, 0.25) is 0 Å². The molecule has 0 saturated heterocycles. The number of halogens is 1. The minimum Gasteiger partial charge on any atom is -0.493 e. The molecule has 0 saturated carbocycles. The normalized spacial score (nSPS) is 12.3. The van der Waals surface area contributed by atoms with E-state index in [1.165, 1.54) is 24.9 Å². The SMILES string of the molecule is CCc1nc2ccc(Br)cc2c(=O)n1N=Cc1cccc(OC)c1O[C@H](C)C(=O)O. The molecule has 1 aromatic heterocycles. The molecule has 0 bridgehead atoms. The average molecular weight is 474 g/mol. The average Bonchev–Trinajstić information content (AvgIpc) is 2.73. The number of carbonyl (C=O) groups is 1. The quantitative estimate of drug-likeness (QED) is 0.527. The monoisotopic (exact) mass is 473 g/mol. The maximum absolute atomic E-state index is 13.0. The fraction of sp³-hybridized carbons (Fsp3) is 0.238. The molecule has 0 radical (unpaired) electrons. The summed E-state index contributed by atoms with van der Waals surface area (Å²) >= 11 is 3.37. The largest absolute Gasteiger partial charge is 0.493 e. The Morgan fingerprint density at radius 3 is 2.80 bits per heavy atom. The Morgan fingerprint density at radius 1 is 1.37 bits per heavy atom. The molecule has 2 aromatic carbocycles. The Balaban J connectivity index is 2.12. The number of rotatable bonds is 7. The molecule has 30 heavy (non-hydrogen) atoms. The first-order chi connectivity index (χ1) is 14.3. The molecule has 0 amide bonds. The number of nitrogens with zero attached hydrogens (tertiary/aromatic N) is 3. The third-order valence-electron chi connectivity index (χ3n) is 4.38. The second-order valence-corrected chi connectivity index (χ2v) is 7.30. The number of aliphatic carboxylic acids is 1. The minimum absolute atomic E-state index is 0.223. The smallest absolute Gasteiger partial charge is 0.344 e. The lowest BCUT2D eigenvalue weighted by Gasteiger charge is -2.16. The number of methoxy groups -OCH3 is 1. The first-order valence-electron chi connectivity index (χ1n) is 9.17. The number of aryl methyl sites for hydroxylation is 1. The van der Waals surface area contributed by atoms with Gasteiger partial charge in [-0.15, -0.1) is 0 Å². The Kier molecular flexibility index (Phi) is 6.51. The van der Waals surface area contributed by atoms with E-state index < -0.39 is 12.1 Å². The van der Waals surface area contributed by atoms with Crippen LogP contribution < -0.4 is 15.0 Å². The maximum atomic E-state index is 13.0. The summed E-state index contributed by atoms with van der Waals surface area (Å²) in [6, 6.07) is 10.4. The lowest BCUT2D eigenvalue weighted by atomic mass is 10.2. The molecule has 0 unspecified atom stereocenters. The minimum atomic E-state index is -1.11. The third-order valence-corrected chi connectivity index (χ3v) is 4.87. The number of carboxylic acid groups (broad SMARTS) is 1. The van der Waals surface area contributed by atoms with Gasteiger partial charge in [-0.05, 0) is 37.3 Å². The number of para-hydroxylation sites is 1. The summed E-state index contributed by atoms with van der Waals surface area (Å²) in [5.74, 6) is -0.0372. The van der Waals surface area contributed by atoms with E-state index >= 15 is 0 Å². The number of aromatic nitrogens is 2. The highest BCUT2D eigenvalue weighted by molar-refractivity contribution is 9.10. The number of benzene rings is 2. The first-order valence-corrected chi connectivity index (χ1v) is 9.97. The van der Waals surface area contributed by atoms with Crippen LogP contribution in [0.5, 0.6) is 11.5 Å². The van der Waals surface area contributed by atoms with Gasteiger partial charge in [0.25, 0.3) is 5.56 Å². The van der Waals surface area contributed by atoms with Crippen molar-refractivity contribution in [3.63, 3.8) is 0 Å². The highest BCUT2D eigenvalue weighted by atomic mass is 79.9. The number of ether oxygens (including phenoxy) is 2. The molecule has 3 rings (SSSR count). The van der Waals surface area contributed by atoms with Crippen LogP contribution in [0.25, 0.3) is 10.9 Å².